The maximum absolute atomic E-state index is 13.1. The van der Waals surface area contributed by atoms with Gasteiger partial charge in [-0.25, -0.2) is 4.39 Å². The number of aromatic amines is 1. The van der Waals surface area contributed by atoms with Gasteiger partial charge in [0.1, 0.15) is 5.82 Å². The van der Waals surface area contributed by atoms with Crippen LogP contribution in [0.3, 0.4) is 0 Å². The molecule has 0 aliphatic rings. The Morgan fingerprint density at radius 2 is 2.04 bits per heavy atom. The van der Waals surface area contributed by atoms with Crippen molar-refractivity contribution in [1.82, 2.24) is 10.3 Å². The minimum atomic E-state index is -0.328. The molecule has 0 amide bonds. The summed E-state index contributed by atoms with van der Waals surface area (Å²) in [5.74, 6) is -0.328. The lowest BCUT2D eigenvalue weighted by Crippen LogP contribution is -2.31. The van der Waals surface area contributed by atoms with Gasteiger partial charge >= 0.3 is 0 Å². The number of pyridine rings is 1. The molecule has 25 heavy (non-hydrogen) atoms. The molecular weight excluding hydrogens is 337 g/mol. The van der Waals surface area contributed by atoms with Gasteiger partial charge in [0, 0.05) is 23.3 Å². The molecule has 1 heterocycles. The Morgan fingerprint density at radius 1 is 1.20 bits per heavy atom. The average Bonchev–Trinajstić information content (AvgIpc) is 2.55. The molecule has 1 aromatic heterocycles. The minimum Gasteiger partial charge on any atom is -0.362 e. The molecule has 0 fully saturated rings. The van der Waals surface area contributed by atoms with E-state index in [2.05, 4.69) is 15.6 Å². The quantitative estimate of drug-likeness (QED) is 0.627. The maximum atomic E-state index is 13.1. The van der Waals surface area contributed by atoms with Crippen molar-refractivity contribution in [3.05, 3.63) is 75.8 Å². The Morgan fingerprint density at radius 3 is 2.84 bits per heavy atom. The van der Waals surface area contributed by atoms with Gasteiger partial charge in [-0.3, -0.25) is 4.79 Å². The van der Waals surface area contributed by atoms with Gasteiger partial charge in [-0.2, -0.15) is 0 Å². The van der Waals surface area contributed by atoms with Crippen LogP contribution in [-0.4, -0.2) is 16.6 Å². The number of H-pyrrole nitrogens is 1. The van der Waals surface area contributed by atoms with Crippen LogP contribution < -0.4 is 16.2 Å². The SMILES string of the molecule is Cc1ccc2cc(CCNC(=S)Nc3cccc(F)c3)c(=O)[nH]c2c1. The zero-order valence-electron chi connectivity index (χ0n) is 13.7. The average molecular weight is 355 g/mol. The van der Waals surface area contributed by atoms with E-state index < -0.39 is 0 Å². The molecule has 3 N–H and O–H groups in total. The first kappa shape index (κ1) is 17.1. The van der Waals surface area contributed by atoms with Crippen LogP contribution >= 0.6 is 12.2 Å². The Balaban J connectivity index is 1.61. The molecule has 0 aliphatic heterocycles. The number of halogens is 1. The number of rotatable bonds is 4. The summed E-state index contributed by atoms with van der Waals surface area (Å²) < 4.78 is 13.1. The van der Waals surface area contributed by atoms with E-state index in [0.717, 1.165) is 16.5 Å². The fourth-order valence-electron chi connectivity index (χ4n) is 2.60. The van der Waals surface area contributed by atoms with E-state index >= 15 is 0 Å². The van der Waals surface area contributed by atoms with Gasteiger partial charge in [0.05, 0.1) is 0 Å². The second kappa shape index (κ2) is 7.44. The lowest BCUT2D eigenvalue weighted by molar-refractivity contribution is 0.628. The minimum absolute atomic E-state index is 0.0936. The highest BCUT2D eigenvalue weighted by Gasteiger charge is 2.04. The van der Waals surface area contributed by atoms with Crippen LogP contribution in [0.1, 0.15) is 11.1 Å². The first-order chi connectivity index (χ1) is 12.0. The standard InChI is InChI=1S/C19H18FN3OS/c1-12-5-6-13-10-14(18(24)23-17(13)9-12)7-8-21-19(25)22-16-4-2-3-15(20)11-16/h2-6,9-11H,7-8H2,1H3,(H,23,24)(H2,21,22,25). The van der Waals surface area contributed by atoms with Crippen LogP contribution in [-0.2, 0) is 6.42 Å². The molecule has 4 nitrogen and oxygen atoms in total. The van der Waals surface area contributed by atoms with E-state index in [0.29, 0.717) is 29.3 Å². The molecule has 0 saturated carbocycles. The van der Waals surface area contributed by atoms with Gasteiger partial charge in [0.15, 0.2) is 5.11 Å². The van der Waals surface area contributed by atoms with E-state index in [1.165, 1.54) is 12.1 Å². The summed E-state index contributed by atoms with van der Waals surface area (Å²) in [5.41, 5.74) is 3.12. The topological polar surface area (TPSA) is 56.9 Å². The molecule has 6 heteroatoms. The number of thiocarbonyl (C=S) groups is 1. The lowest BCUT2D eigenvalue weighted by Gasteiger charge is -2.10. The summed E-state index contributed by atoms with van der Waals surface area (Å²) >= 11 is 5.19. The zero-order valence-corrected chi connectivity index (χ0v) is 14.5. The van der Waals surface area contributed by atoms with Gasteiger partial charge in [-0.1, -0.05) is 18.2 Å². The predicted molar refractivity (Wildman–Crippen MR) is 104 cm³/mol. The van der Waals surface area contributed by atoms with Crippen LogP contribution in [0.5, 0.6) is 0 Å². The molecule has 0 bridgehead atoms. The van der Waals surface area contributed by atoms with Crippen molar-refractivity contribution >= 4 is 33.9 Å². The van der Waals surface area contributed by atoms with Gasteiger partial charge < -0.3 is 15.6 Å². The molecule has 3 aromatic rings. The van der Waals surface area contributed by atoms with Crippen molar-refractivity contribution in [3.8, 4) is 0 Å². The van der Waals surface area contributed by atoms with E-state index in [9.17, 15) is 9.18 Å². The third kappa shape index (κ3) is 4.42. The normalized spacial score (nSPS) is 10.6. The summed E-state index contributed by atoms with van der Waals surface area (Å²) in [7, 11) is 0. The number of nitrogens with one attached hydrogen (secondary N) is 3. The summed E-state index contributed by atoms with van der Waals surface area (Å²) in [6.45, 7) is 2.49. The number of hydrogen-bond donors (Lipinski definition) is 3. The molecule has 0 spiro atoms. The van der Waals surface area contributed by atoms with Crippen molar-refractivity contribution in [2.45, 2.75) is 13.3 Å². The highest BCUT2D eigenvalue weighted by molar-refractivity contribution is 7.80. The van der Waals surface area contributed by atoms with Gasteiger partial charge in [0.2, 0.25) is 0 Å². The van der Waals surface area contributed by atoms with Crippen molar-refractivity contribution in [3.63, 3.8) is 0 Å². The monoisotopic (exact) mass is 355 g/mol. The van der Waals surface area contributed by atoms with E-state index in [1.807, 2.05) is 31.2 Å². The largest absolute Gasteiger partial charge is 0.362 e. The molecule has 128 valence electrons. The molecule has 0 saturated heterocycles. The Labute approximate surface area is 150 Å². The summed E-state index contributed by atoms with van der Waals surface area (Å²) in [4.78, 5) is 15.1. The second-order valence-electron chi connectivity index (χ2n) is 5.86. The van der Waals surface area contributed by atoms with Crippen molar-refractivity contribution in [2.24, 2.45) is 0 Å². The molecule has 0 radical (unpaired) electrons. The first-order valence-corrected chi connectivity index (χ1v) is 8.35. The zero-order chi connectivity index (χ0) is 17.8. The van der Waals surface area contributed by atoms with Crippen molar-refractivity contribution in [1.29, 1.82) is 0 Å². The smallest absolute Gasteiger partial charge is 0.251 e. The molecule has 2 aromatic carbocycles. The summed E-state index contributed by atoms with van der Waals surface area (Å²) in [6, 6.07) is 13.9. The molecule has 3 rings (SSSR count). The van der Waals surface area contributed by atoms with E-state index in [-0.39, 0.29) is 11.4 Å². The fourth-order valence-corrected chi connectivity index (χ4v) is 2.82. The highest BCUT2D eigenvalue weighted by Crippen LogP contribution is 2.13. The maximum Gasteiger partial charge on any atom is 0.251 e. The summed E-state index contributed by atoms with van der Waals surface area (Å²) in [6.07, 6.45) is 0.532. The van der Waals surface area contributed by atoms with Crippen molar-refractivity contribution in [2.75, 3.05) is 11.9 Å². The third-order valence-corrected chi connectivity index (χ3v) is 4.09. The fraction of sp³-hybridized carbons (Fsp3) is 0.158. The predicted octanol–water partition coefficient (Wildman–Crippen LogP) is 3.50. The second-order valence-corrected chi connectivity index (χ2v) is 6.26. The number of fused-ring (bicyclic) bond motifs is 1. The number of aromatic nitrogens is 1. The third-order valence-electron chi connectivity index (χ3n) is 3.84. The summed E-state index contributed by atoms with van der Waals surface area (Å²) in [5, 5.41) is 7.33. The highest BCUT2D eigenvalue weighted by atomic mass is 32.1. The molecule has 0 aliphatic carbocycles. The van der Waals surface area contributed by atoms with E-state index in [1.54, 1.807) is 12.1 Å². The van der Waals surface area contributed by atoms with Crippen molar-refractivity contribution < 1.29 is 4.39 Å². The number of aryl methyl sites for hydroxylation is 1. The van der Waals surface area contributed by atoms with Crippen LogP contribution in [0, 0.1) is 12.7 Å². The molecule has 0 unspecified atom stereocenters. The van der Waals surface area contributed by atoms with Crippen LogP contribution in [0.4, 0.5) is 10.1 Å². The number of benzene rings is 2. The Hall–Kier alpha value is -2.73. The number of anilines is 1. The van der Waals surface area contributed by atoms with Crippen LogP contribution in [0.25, 0.3) is 10.9 Å². The Bertz CT molecular complexity index is 984. The lowest BCUT2D eigenvalue weighted by atomic mass is 10.1. The van der Waals surface area contributed by atoms with Crippen LogP contribution in [0.15, 0.2) is 53.3 Å². The number of hydrogen-bond acceptors (Lipinski definition) is 2. The van der Waals surface area contributed by atoms with Gasteiger partial charge in [-0.05, 0) is 66.8 Å². The molecule has 0 atom stereocenters. The molecular formula is C19H18FN3OS. The van der Waals surface area contributed by atoms with Crippen LogP contribution in [0.2, 0.25) is 0 Å². The first-order valence-electron chi connectivity index (χ1n) is 7.94. The van der Waals surface area contributed by atoms with E-state index in [4.69, 9.17) is 12.2 Å². The Kier molecular flexibility index (Phi) is 5.09. The van der Waals surface area contributed by atoms with Gasteiger partial charge in [0.25, 0.3) is 5.56 Å². The van der Waals surface area contributed by atoms with Gasteiger partial charge in [-0.15, -0.1) is 0 Å².